The quantitative estimate of drug-likeness (QED) is 0.777. The average Bonchev–Trinajstić information content (AvgIpc) is 2.99. The Morgan fingerprint density at radius 3 is 3.24 bits per heavy atom. The molecule has 3 rings (SSSR count). The predicted molar refractivity (Wildman–Crippen MR) is 60.4 cm³/mol. The molecule has 1 aliphatic heterocycles. The fourth-order valence-corrected chi connectivity index (χ4v) is 2.16. The Hall–Kier alpha value is -1.93. The minimum Gasteiger partial charge on any atom is -0.378 e. The second-order valence-corrected chi connectivity index (χ2v) is 4.21. The number of hydrogen-bond donors (Lipinski definition) is 0. The molecule has 5 nitrogen and oxygen atoms in total. The van der Waals surface area contributed by atoms with Crippen molar-refractivity contribution in [3.63, 3.8) is 0 Å². The molecule has 5 heteroatoms. The molecule has 0 saturated carbocycles. The van der Waals surface area contributed by atoms with E-state index in [1.54, 1.807) is 12.1 Å². The normalized spacial score (nSPS) is 19.6. The van der Waals surface area contributed by atoms with Gasteiger partial charge in [0.05, 0.1) is 17.7 Å². The second-order valence-electron chi connectivity index (χ2n) is 4.21. The molecular weight excluding hydrogens is 216 g/mol. The summed E-state index contributed by atoms with van der Waals surface area (Å²) in [7, 11) is 0. The molecule has 86 valence electrons. The first-order chi connectivity index (χ1) is 8.36. The number of nitriles is 1. The van der Waals surface area contributed by atoms with Crippen molar-refractivity contribution < 1.29 is 4.74 Å². The Labute approximate surface area is 98.6 Å². The van der Waals surface area contributed by atoms with Crippen molar-refractivity contribution in [3.05, 3.63) is 29.7 Å². The monoisotopic (exact) mass is 228 g/mol. The number of pyridine rings is 1. The number of aromatic nitrogens is 3. The SMILES string of the molecule is N#Cc1ccn2c(CC3CCCO3)nnc2c1. The van der Waals surface area contributed by atoms with Crippen LogP contribution in [0.1, 0.15) is 24.2 Å². The van der Waals surface area contributed by atoms with Crippen molar-refractivity contribution in [2.45, 2.75) is 25.4 Å². The van der Waals surface area contributed by atoms with E-state index in [1.807, 2.05) is 10.6 Å². The van der Waals surface area contributed by atoms with Gasteiger partial charge in [-0.2, -0.15) is 5.26 Å². The molecule has 1 unspecified atom stereocenters. The molecule has 0 amide bonds. The van der Waals surface area contributed by atoms with E-state index in [4.69, 9.17) is 10.00 Å². The minimum atomic E-state index is 0.262. The molecule has 0 bridgehead atoms. The van der Waals surface area contributed by atoms with Gasteiger partial charge in [0.1, 0.15) is 5.82 Å². The molecule has 1 atom stereocenters. The molecular formula is C12H12N4O. The number of rotatable bonds is 2. The summed E-state index contributed by atoms with van der Waals surface area (Å²) in [6.45, 7) is 0.847. The van der Waals surface area contributed by atoms with Gasteiger partial charge in [-0.15, -0.1) is 10.2 Å². The van der Waals surface area contributed by atoms with Gasteiger partial charge in [0.25, 0.3) is 0 Å². The van der Waals surface area contributed by atoms with E-state index < -0.39 is 0 Å². The van der Waals surface area contributed by atoms with Crippen LogP contribution in [0.3, 0.4) is 0 Å². The van der Waals surface area contributed by atoms with Crippen molar-refractivity contribution in [1.29, 1.82) is 5.26 Å². The molecule has 1 aliphatic rings. The lowest BCUT2D eigenvalue weighted by Gasteiger charge is -2.07. The van der Waals surface area contributed by atoms with Crippen LogP contribution in [0.25, 0.3) is 5.65 Å². The predicted octanol–water partition coefficient (Wildman–Crippen LogP) is 1.32. The van der Waals surface area contributed by atoms with Crippen LogP contribution in [0.15, 0.2) is 18.3 Å². The standard InChI is InChI=1S/C12H12N4O/c13-8-9-3-4-16-11(6-9)14-15-12(16)7-10-2-1-5-17-10/h3-4,6,10H,1-2,5,7H2. The first kappa shape index (κ1) is 10.2. The number of fused-ring (bicyclic) bond motifs is 1. The summed E-state index contributed by atoms with van der Waals surface area (Å²) < 4.78 is 7.51. The molecule has 0 aromatic carbocycles. The smallest absolute Gasteiger partial charge is 0.162 e. The van der Waals surface area contributed by atoms with Gasteiger partial charge >= 0.3 is 0 Å². The Kier molecular flexibility index (Phi) is 2.50. The fraction of sp³-hybridized carbons (Fsp3) is 0.417. The molecule has 2 aromatic heterocycles. The van der Waals surface area contributed by atoms with Crippen LogP contribution in [-0.2, 0) is 11.2 Å². The maximum atomic E-state index is 8.81. The molecule has 17 heavy (non-hydrogen) atoms. The fourth-order valence-electron chi connectivity index (χ4n) is 2.16. The van der Waals surface area contributed by atoms with Crippen molar-refractivity contribution in [2.24, 2.45) is 0 Å². The van der Waals surface area contributed by atoms with Crippen LogP contribution in [0, 0.1) is 11.3 Å². The Morgan fingerprint density at radius 2 is 2.47 bits per heavy atom. The average molecular weight is 228 g/mol. The summed E-state index contributed by atoms with van der Waals surface area (Å²) in [4.78, 5) is 0. The van der Waals surface area contributed by atoms with Crippen LogP contribution < -0.4 is 0 Å². The minimum absolute atomic E-state index is 0.262. The van der Waals surface area contributed by atoms with E-state index in [0.717, 1.165) is 37.3 Å². The van der Waals surface area contributed by atoms with Gasteiger partial charge in [-0.1, -0.05) is 0 Å². The third-order valence-corrected chi connectivity index (χ3v) is 3.04. The number of hydrogen-bond acceptors (Lipinski definition) is 4. The Balaban J connectivity index is 1.92. The maximum Gasteiger partial charge on any atom is 0.162 e. The van der Waals surface area contributed by atoms with E-state index in [2.05, 4.69) is 16.3 Å². The molecule has 2 aromatic rings. The van der Waals surface area contributed by atoms with E-state index in [9.17, 15) is 0 Å². The molecule has 0 N–H and O–H groups in total. The topological polar surface area (TPSA) is 63.2 Å². The lowest BCUT2D eigenvalue weighted by molar-refractivity contribution is 0.109. The van der Waals surface area contributed by atoms with Crippen molar-refractivity contribution in [2.75, 3.05) is 6.61 Å². The van der Waals surface area contributed by atoms with Crippen LogP contribution >= 0.6 is 0 Å². The van der Waals surface area contributed by atoms with E-state index in [1.165, 1.54) is 0 Å². The van der Waals surface area contributed by atoms with Crippen LogP contribution in [-0.4, -0.2) is 27.3 Å². The van der Waals surface area contributed by atoms with Gasteiger partial charge in [-0.25, -0.2) is 0 Å². The zero-order valence-corrected chi connectivity index (χ0v) is 9.33. The Morgan fingerprint density at radius 1 is 1.53 bits per heavy atom. The lowest BCUT2D eigenvalue weighted by atomic mass is 10.2. The summed E-state index contributed by atoms with van der Waals surface area (Å²) in [6.07, 6.45) is 5.11. The van der Waals surface area contributed by atoms with E-state index in [-0.39, 0.29) is 6.10 Å². The zero-order valence-electron chi connectivity index (χ0n) is 9.33. The summed E-state index contributed by atoms with van der Waals surface area (Å²) in [5, 5.41) is 17.0. The van der Waals surface area contributed by atoms with Crippen LogP contribution in [0.4, 0.5) is 0 Å². The maximum absolute atomic E-state index is 8.81. The third kappa shape index (κ3) is 1.87. The molecule has 0 radical (unpaired) electrons. The second kappa shape index (κ2) is 4.15. The summed E-state index contributed by atoms with van der Waals surface area (Å²) in [5.74, 6) is 0.899. The number of nitrogens with zero attached hydrogens (tertiary/aromatic N) is 4. The number of ether oxygens (including phenoxy) is 1. The van der Waals surface area contributed by atoms with Gasteiger partial charge in [0, 0.05) is 25.3 Å². The van der Waals surface area contributed by atoms with Crippen molar-refractivity contribution in [1.82, 2.24) is 14.6 Å². The molecule has 1 fully saturated rings. The zero-order chi connectivity index (χ0) is 11.7. The first-order valence-corrected chi connectivity index (χ1v) is 5.72. The summed E-state index contributed by atoms with van der Waals surface area (Å²) in [6, 6.07) is 5.61. The highest BCUT2D eigenvalue weighted by Crippen LogP contribution is 2.17. The van der Waals surface area contributed by atoms with Gasteiger partial charge < -0.3 is 4.74 Å². The molecule has 3 heterocycles. The van der Waals surface area contributed by atoms with Gasteiger partial charge in [-0.05, 0) is 18.9 Å². The Bertz CT molecular complexity index is 578. The van der Waals surface area contributed by atoms with Crippen molar-refractivity contribution >= 4 is 5.65 Å². The van der Waals surface area contributed by atoms with Gasteiger partial charge in [-0.3, -0.25) is 4.40 Å². The largest absolute Gasteiger partial charge is 0.378 e. The summed E-state index contributed by atoms with van der Waals surface area (Å²) in [5.41, 5.74) is 1.32. The highest BCUT2D eigenvalue weighted by molar-refractivity contribution is 5.45. The van der Waals surface area contributed by atoms with E-state index >= 15 is 0 Å². The van der Waals surface area contributed by atoms with Gasteiger partial charge in [0.2, 0.25) is 0 Å². The molecule has 0 aliphatic carbocycles. The summed E-state index contributed by atoms with van der Waals surface area (Å²) >= 11 is 0. The van der Waals surface area contributed by atoms with Crippen LogP contribution in [0.2, 0.25) is 0 Å². The van der Waals surface area contributed by atoms with Gasteiger partial charge in [0.15, 0.2) is 5.65 Å². The molecule has 1 saturated heterocycles. The van der Waals surface area contributed by atoms with Crippen molar-refractivity contribution in [3.8, 4) is 6.07 Å². The highest BCUT2D eigenvalue weighted by Gasteiger charge is 2.18. The lowest BCUT2D eigenvalue weighted by Crippen LogP contribution is -2.11. The molecule has 0 spiro atoms. The first-order valence-electron chi connectivity index (χ1n) is 5.72. The third-order valence-electron chi connectivity index (χ3n) is 3.04. The van der Waals surface area contributed by atoms with Crippen LogP contribution in [0.5, 0.6) is 0 Å². The highest BCUT2D eigenvalue weighted by atomic mass is 16.5. The van der Waals surface area contributed by atoms with E-state index in [0.29, 0.717) is 5.56 Å².